The summed E-state index contributed by atoms with van der Waals surface area (Å²) in [5.41, 5.74) is 0.712. The highest BCUT2D eigenvalue weighted by Gasteiger charge is 2.14. The lowest BCUT2D eigenvalue weighted by molar-refractivity contribution is -0.385. The van der Waals surface area contributed by atoms with Crippen LogP contribution in [0.5, 0.6) is 5.75 Å². The molecule has 3 rings (SSSR count). The van der Waals surface area contributed by atoms with Crippen molar-refractivity contribution in [3.05, 3.63) is 81.9 Å². The first kappa shape index (κ1) is 17.4. The second-order valence-corrected chi connectivity index (χ2v) is 5.87. The number of fused-ring (bicyclic) bond motifs is 1. The van der Waals surface area contributed by atoms with E-state index in [1.165, 1.54) is 6.07 Å². The molecule has 6 heteroatoms. The molecule has 0 aliphatic rings. The maximum Gasteiger partial charge on any atom is 0.273 e. The van der Waals surface area contributed by atoms with Crippen LogP contribution in [0.1, 0.15) is 15.9 Å². The van der Waals surface area contributed by atoms with Crippen LogP contribution in [0, 0.1) is 17.0 Å². The van der Waals surface area contributed by atoms with Gasteiger partial charge in [0.2, 0.25) is 0 Å². The zero-order valence-electron chi connectivity index (χ0n) is 14.3. The maximum absolute atomic E-state index is 12.1. The number of benzene rings is 3. The molecule has 0 aromatic heterocycles. The van der Waals surface area contributed by atoms with Crippen LogP contribution >= 0.6 is 0 Å². The molecule has 0 aliphatic carbocycles. The van der Waals surface area contributed by atoms with Crippen molar-refractivity contribution in [2.24, 2.45) is 0 Å². The highest BCUT2D eigenvalue weighted by molar-refractivity contribution is 5.95. The number of rotatable bonds is 6. The van der Waals surface area contributed by atoms with Crippen molar-refractivity contribution in [2.45, 2.75) is 6.92 Å². The third-order valence-electron chi connectivity index (χ3n) is 4.05. The van der Waals surface area contributed by atoms with Crippen LogP contribution < -0.4 is 10.1 Å². The summed E-state index contributed by atoms with van der Waals surface area (Å²) < 4.78 is 5.66. The fourth-order valence-corrected chi connectivity index (χ4v) is 2.64. The molecule has 0 bridgehead atoms. The Balaban J connectivity index is 1.55. The van der Waals surface area contributed by atoms with Gasteiger partial charge >= 0.3 is 0 Å². The van der Waals surface area contributed by atoms with E-state index in [0.29, 0.717) is 18.7 Å². The van der Waals surface area contributed by atoms with E-state index in [2.05, 4.69) is 5.32 Å². The number of nitrogens with one attached hydrogen (secondary N) is 1. The number of amides is 1. The average molecular weight is 350 g/mol. The molecular weight excluding hydrogens is 332 g/mol. The van der Waals surface area contributed by atoms with E-state index in [1.807, 2.05) is 42.5 Å². The molecule has 1 N–H and O–H groups in total. The molecule has 6 nitrogen and oxygen atoms in total. The van der Waals surface area contributed by atoms with Crippen LogP contribution in [0.2, 0.25) is 0 Å². The molecule has 0 heterocycles. The zero-order chi connectivity index (χ0) is 18.5. The highest BCUT2D eigenvalue weighted by Crippen LogP contribution is 2.21. The Hall–Kier alpha value is -3.41. The number of nitrogens with zero attached hydrogens (tertiary/aromatic N) is 1. The molecule has 132 valence electrons. The van der Waals surface area contributed by atoms with Gasteiger partial charge in [-0.2, -0.15) is 0 Å². The van der Waals surface area contributed by atoms with Gasteiger partial charge in [0, 0.05) is 17.2 Å². The van der Waals surface area contributed by atoms with E-state index >= 15 is 0 Å². The van der Waals surface area contributed by atoms with E-state index < -0.39 is 4.92 Å². The van der Waals surface area contributed by atoms with Gasteiger partial charge in [-0.1, -0.05) is 36.4 Å². The van der Waals surface area contributed by atoms with Gasteiger partial charge in [-0.25, -0.2) is 0 Å². The lowest BCUT2D eigenvalue weighted by atomic mass is 10.1. The molecule has 0 saturated heterocycles. The number of hydrogen-bond donors (Lipinski definition) is 1. The molecule has 1 amide bonds. The van der Waals surface area contributed by atoms with E-state index in [1.54, 1.807) is 19.1 Å². The largest absolute Gasteiger partial charge is 0.492 e. The molecule has 0 atom stereocenters. The Morgan fingerprint density at radius 2 is 1.85 bits per heavy atom. The highest BCUT2D eigenvalue weighted by atomic mass is 16.6. The number of hydrogen-bond acceptors (Lipinski definition) is 4. The van der Waals surface area contributed by atoms with E-state index in [0.717, 1.165) is 16.5 Å². The molecule has 0 saturated carbocycles. The second-order valence-electron chi connectivity index (χ2n) is 5.87. The predicted octanol–water partition coefficient (Wildman–Crippen LogP) is 3.87. The first-order valence-electron chi connectivity index (χ1n) is 8.19. The Morgan fingerprint density at radius 1 is 1.08 bits per heavy atom. The van der Waals surface area contributed by atoms with Gasteiger partial charge in [-0.05, 0) is 35.9 Å². The summed E-state index contributed by atoms with van der Waals surface area (Å²) in [6, 6.07) is 18.2. The zero-order valence-corrected chi connectivity index (χ0v) is 14.3. The SMILES string of the molecule is Cc1ccc(C(=O)NCCOc2ccc3ccccc3c2)cc1[N+](=O)[O-]. The van der Waals surface area contributed by atoms with Crippen LogP contribution in [0.15, 0.2) is 60.7 Å². The van der Waals surface area contributed by atoms with Gasteiger partial charge in [0.25, 0.3) is 11.6 Å². The third kappa shape index (κ3) is 3.97. The standard InChI is InChI=1S/C20H18N2O4/c1-14-6-7-17(13-19(14)22(24)25)20(23)21-10-11-26-18-9-8-15-4-2-3-5-16(15)12-18/h2-9,12-13H,10-11H2,1H3,(H,21,23). The van der Waals surface area contributed by atoms with Gasteiger partial charge in [0.15, 0.2) is 0 Å². The summed E-state index contributed by atoms with van der Waals surface area (Å²) in [5.74, 6) is 0.360. The van der Waals surface area contributed by atoms with Crippen molar-refractivity contribution in [3.63, 3.8) is 0 Å². The summed E-state index contributed by atoms with van der Waals surface area (Å²) in [6.07, 6.45) is 0. The van der Waals surface area contributed by atoms with Gasteiger partial charge in [-0.3, -0.25) is 14.9 Å². The second kappa shape index (κ2) is 7.65. The molecule has 0 fully saturated rings. The number of carbonyl (C=O) groups excluding carboxylic acids is 1. The van der Waals surface area contributed by atoms with Crippen molar-refractivity contribution >= 4 is 22.4 Å². The maximum atomic E-state index is 12.1. The summed E-state index contributed by atoms with van der Waals surface area (Å²) in [7, 11) is 0. The number of nitro benzene ring substituents is 1. The molecule has 0 aliphatic heterocycles. The normalized spacial score (nSPS) is 10.5. The van der Waals surface area contributed by atoms with Gasteiger partial charge < -0.3 is 10.1 Å². The fraction of sp³-hybridized carbons (Fsp3) is 0.150. The Morgan fingerprint density at radius 3 is 2.62 bits per heavy atom. The van der Waals surface area contributed by atoms with Gasteiger partial charge in [0.05, 0.1) is 11.5 Å². The number of aryl methyl sites for hydroxylation is 1. The Bertz CT molecular complexity index is 969. The number of carbonyl (C=O) groups is 1. The van der Waals surface area contributed by atoms with E-state index in [4.69, 9.17) is 4.74 Å². The van der Waals surface area contributed by atoms with Crippen LogP contribution in [-0.4, -0.2) is 24.0 Å². The summed E-state index contributed by atoms with van der Waals surface area (Å²) in [5, 5.41) is 15.9. The minimum atomic E-state index is -0.491. The summed E-state index contributed by atoms with van der Waals surface area (Å²) >= 11 is 0. The van der Waals surface area contributed by atoms with Crippen molar-refractivity contribution in [3.8, 4) is 5.75 Å². The minimum Gasteiger partial charge on any atom is -0.492 e. The van der Waals surface area contributed by atoms with Crippen LogP contribution in [-0.2, 0) is 0 Å². The van der Waals surface area contributed by atoms with Gasteiger partial charge in [-0.15, -0.1) is 0 Å². The number of ether oxygens (including phenoxy) is 1. The molecule has 0 unspecified atom stereocenters. The lowest BCUT2D eigenvalue weighted by Crippen LogP contribution is -2.28. The molecular formula is C20H18N2O4. The fourth-order valence-electron chi connectivity index (χ4n) is 2.64. The van der Waals surface area contributed by atoms with Crippen LogP contribution in [0.25, 0.3) is 10.8 Å². The Kier molecular flexibility index (Phi) is 5.12. The number of nitro groups is 1. The van der Waals surface area contributed by atoms with E-state index in [-0.39, 0.29) is 17.2 Å². The van der Waals surface area contributed by atoms with Crippen LogP contribution in [0.3, 0.4) is 0 Å². The first-order chi connectivity index (χ1) is 12.5. The third-order valence-corrected chi connectivity index (χ3v) is 4.05. The summed E-state index contributed by atoms with van der Waals surface area (Å²) in [4.78, 5) is 22.6. The van der Waals surface area contributed by atoms with Crippen molar-refractivity contribution in [2.75, 3.05) is 13.2 Å². The molecule has 3 aromatic rings. The molecule has 3 aromatic carbocycles. The predicted molar refractivity (Wildman–Crippen MR) is 99.6 cm³/mol. The molecule has 0 spiro atoms. The van der Waals surface area contributed by atoms with Gasteiger partial charge in [0.1, 0.15) is 12.4 Å². The van der Waals surface area contributed by atoms with Crippen molar-refractivity contribution in [1.29, 1.82) is 0 Å². The van der Waals surface area contributed by atoms with Crippen molar-refractivity contribution < 1.29 is 14.5 Å². The van der Waals surface area contributed by atoms with Crippen LogP contribution in [0.4, 0.5) is 5.69 Å². The quantitative estimate of drug-likeness (QED) is 0.416. The minimum absolute atomic E-state index is 0.0648. The lowest BCUT2D eigenvalue weighted by Gasteiger charge is -2.09. The smallest absolute Gasteiger partial charge is 0.273 e. The van der Waals surface area contributed by atoms with E-state index in [9.17, 15) is 14.9 Å². The first-order valence-corrected chi connectivity index (χ1v) is 8.19. The Labute approximate surface area is 150 Å². The topological polar surface area (TPSA) is 81.5 Å². The molecule has 26 heavy (non-hydrogen) atoms. The van der Waals surface area contributed by atoms with Crippen molar-refractivity contribution in [1.82, 2.24) is 5.32 Å². The monoisotopic (exact) mass is 350 g/mol. The molecule has 0 radical (unpaired) electrons. The average Bonchev–Trinajstić information content (AvgIpc) is 2.65. The summed E-state index contributed by atoms with van der Waals surface area (Å²) in [6.45, 7) is 2.24.